The molecule has 0 aliphatic heterocycles. The number of pyridine rings is 1. The molecule has 0 amide bonds. The third-order valence-corrected chi connectivity index (χ3v) is 4.39. The number of aromatic amines is 1. The van der Waals surface area contributed by atoms with Crippen molar-refractivity contribution in [3.8, 4) is 16.9 Å². The summed E-state index contributed by atoms with van der Waals surface area (Å²) in [4.78, 5) is 16.1. The van der Waals surface area contributed by atoms with Gasteiger partial charge in [0.1, 0.15) is 5.69 Å². The lowest BCUT2D eigenvalue weighted by Gasteiger charge is -2.06. The molecule has 118 valence electrons. The number of nitrogens with one attached hydrogen (secondary N) is 1. The molecule has 0 aliphatic carbocycles. The molecule has 0 saturated heterocycles. The van der Waals surface area contributed by atoms with Crippen molar-refractivity contribution in [2.24, 2.45) is 0 Å². The SMILES string of the molecule is Cc1ccccc1-n1nc(-c2ccc(S)cc2)c2c(=O)[nH]ccc21. The third kappa shape index (κ3) is 2.34. The van der Waals surface area contributed by atoms with Crippen molar-refractivity contribution in [3.05, 3.63) is 76.7 Å². The molecule has 2 heterocycles. The minimum atomic E-state index is -0.141. The average molecular weight is 333 g/mol. The number of fused-ring (bicyclic) bond motifs is 1. The fourth-order valence-electron chi connectivity index (χ4n) is 2.88. The summed E-state index contributed by atoms with van der Waals surface area (Å²) in [6.45, 7) is 2.03. The van der Waals surface area contributed by atoms with Gasteiger partial charge in [-0.15, -0.1) is 12.6 Å². The van der Waals surface area contributed by atoms with Gasteiger partial charge in [0.05, 0.1) is 16.6 Å². The number of nitrogens with zero attached hydrogens (tertiary/aromatic N) is 2. The van der Waals surface area contributed by atoms with Gasteiger partial charge in [-0.25, -0.2) is 4.68 Å². The van der Waals surface area contributed by atoms with Gasteiger partial charge < -0.3 is 4.98 Å². The van der Waals surface area contributed by atoms with Crippen LogP contribution in [0, 0.1) is 6.92 Å². The maximum absolute atomic E-state index is 12.4. The predicted octanol–water partition coefficient (Wildman–Crippen LogP) is 3.98. The monoisotopic (exact) mass is 333 g/mol. The molecule has 0 unspecified atom stereocenters. The lowest BCUT2D eigenvalue weighted by Crippen LogP contribution is -2.05. The Morgan fingerprint density at radius 2 is 1.79 bits per heavy atom. The summed E-state index contributed by atoms with van der Waals surface area (Å²) in [5.74, 6) is 0. The zero-order valence-corrected chi connectivity index (χ0v) is 13.9. The van der Waals surface area contributed by atoms with Gasteiger partial charge in [0.2, 0.25) is 0 Å². The number of hydrogen-bond donors (Lipinski definition) is 2. The van der Waals surface area contributed by atoms with Gasteiger partial charge in [0.15, 0.2) is 0 Å². The molecular weight excluding hydrogens is 318 g/mol. The molecule has 0 aliphatic rings. The molecule has 24 heavy (non-hydrogen) atoms. The number of hydrogen-bond acceptors (Lipinski definition) is 3. The van der Waals surface area contributed by atoms with Gasteiger partial charge in [-0.1, -0.05) is 30.3 Å². The van der Waals surface area contributed by atoms with Crippen LogP contribution in [0.25, 0.3) is 27.8 Å². The maximum Gasteiger partial charge on any atom is 0.259 e. The highest BCUT2D eigenvalue weighted by Crippen LogP contribution is 2.28. The van der Waals surface area contributed by atoms with Gasteiger partial charge in [0, 0.05) is 16.7 Å². The Labute approximate surface area is 144 Å². The highest BCUT2D eigenvalue weighted by molar-refractivity contribution is 7.80. The minimum Gasteiger partial charge on any atom is -0.328 e. The van der Waals surface area contributed by atoms with Crippen LogP contribution in [0.3, 0.4) is 0 Å². The summed E-state index contributed by atoms with van der Waals surface area (Å²) >= 11 is 4.32. The number of H-pyrrole nitrogens is 1. The minimum absolute atomic E-state index is 0.141. The zero-order valence-electron chi connectivity index (χ0n) is 13.0. The number of para-hydroxylation sites is 1. The van der Waals surface area contributed by atoms with Crippen LogP contribution in [0.2, 0.25) is 0 Å². The van der Waals surface area contributed by atoms with E-state index in [-0.39, 0.29) is 5.56 Å². The second kappa shape index (κ2) is 5.69. The summed E-state index contributed by atoms with van der Waals surface area (Å²) in [6.07, 6.45) is 1.65. The Morgan fingerprint density at radius 3 is 2.54 bits per heavy atom. The standard InChI is InChI=1S/C19H15N3OS/c1-12-4-2-3-5-15(12)22-16-10-11-20-19(23)17(16)18(21-22)13-6-8-14(24)9-7-13/h2-11,24H,1H3,(H,20,23). The summed E-state index contributed by atoms with van der Waals surface area (Å²) in [5, 5.41) is 5.34. The van der Waals surface area contributed by atoms with Crippen molar-refractivity contribution in [2.75, 3.05) is 0 Å². The van der Waals surface area contributed by atoms with Crippen LogP contribution in [0.5, 0.6) is 0 Å². The van der Waals surface area contributed by atoms with Crippen LogP contribution >= 0.6 is 12.6 Å². The molecule has 0 atom stereocenters. The highest BCUT2D eigenvalue weighted by Gasteiger charge is 2.17. The topological polar surface area (TPSA) is 50.7 Å². The van der Waals surface area contributed by atoms with E-state index < -0.39 is 0 Å². The van der Waals surface area contributed by atoms with Gasteiger partial charge in [-0.2, -0.15) is 5.10 Å². The second-order valence-corrected chi connectivity index (χ2v) is 6.18. The largest absolute Gasteiger partial charge is 0.328 e. The van der Waals surface area contributed by atoms with Crippen LogP contribution in [0.15, 0.2) is 70.5 Å². The molecule has 0 radical (unpaired) electrons. The first kappa shape index (κ1) is 14.8. The maximum atomic E-state index is 12.4. The second-order valence-electron chi connectivity index (χ2n) is 5.66. The number of benzene rings is 2. The van der Waals surface area contributed by atoms with E-state index >= 15 is 0 Å². The molecule has 0 saturated carbocycles. The van der Waals surface area contributed by atoms with Gasteiger partial charge >= 0.3 is 0 Å². The van der Waals surface area contributed by atoms with Gasteiger partial charge in [0.25, 0.3) is 5.56 Å². The fourth-order valence-corrected chi connectivity index (χ4v) is 3.03. The van der Waals surface area contributed by atoms with E-state index in [0.717, 1.165) is 27.2 Å². The molecule has 4 aromatic rings. The number of aryl methyl sites for hydroxylation is 1. The Bertz CT molecular complexity index is 1090. The molecule has 4 rings (SSSR count). The molecule has 0 spiro atoms. The van der Waals surface area contributed by atoms with Crippen molar-refractivity contribution in [2.45, 2.75) is 11.8 Å². The first-order chi connectivity index (χ1) is 11.6. The molecular formula is C19H15N3OS. The van der Waals surface area contributed by atoms with Crippen molar-refractivity contribution in [1.29, 1.82) is 0 Å². The quantitative estimate of drug-likeness (QED) is 0.545. The fraction of sp³-hybridized carbons (Fsp3) is 0.0526. The predicted molar refractivity (Wildman–Crippen MR) is 99.1 cm³/mol. The van der Waals surface area contributed by atoms with Crippen LogP contribution in [0.1, 0.15) is 5.56 Å². The Kier molecular flexibility index (Phi) is 3.50. The van der Waals surface area contributed by atoms with E-state index in [4.69, 9.17) is 5.10 Å². The first-order valence-electron chi connectivity index (χ1n) is 7.61. The van der Waals surface area contributed by atoms with Crippen LogP contribution in [0.4, 0.5) is 0 Å². The number of rotatable bonds is 2. The zero-order chi connectivity index (χ0) is 16.7. The van der Waals surface area contributed by atoms with Crippen LogP contribution < -0.4 is 5.56 Å². The van der Waals surface area contributed by atoms with E-state index in [0.29, 0.717) is 11.1 Å². The van der Waals surface area contributed by atoms with E-state index in [1.54, 1.807) is 6.20 Å². The van der Waals surface area contributed by atoms with Crippen molar-refractivity contribution < 1.29 is 0 Å². The molecule has 2 aromatic carbocycles. The summed E-state index contributed by atoms with van der Waals surface area (Å²) < 4.78 is 1.84. The molecule has 2 aromatic heterocycles. The van der Waals surface area contributed by atoms with Gasteiger partial charge in [-0.3, -0.25) is 4.79 Å². The lowest BCUT2D eigenvalue weighted by molar-refractivity contribution is 0.906. The highest BCUT2D eigenvalue weighted by atomic mass is 32.1. The Balaban J connectivity index is 2.07. The van der Waals surface area contributed by atoms with E-state index in [9.17, 15) is 4.79 Å². The molecule has 1 N–H and O–H groups in total. The van der Waals surface area contributed by atoms with Crippen molar-refractivity contribution in [3.63, 3.8) is 0 Å². The summed E-state index contributed by atoms with van der Waals surface area (Å²) in [6, 6.07) is 17.5. The van der Waals surface area contributed by atoms with E-state index in [2.05, 4.69) is 17.6 Å². The Hall–Kier alpha value is -2.79. The lowest BCUT2D eigenvalue weighted by atomic mass is 10.1. The van der Waals surface area contributed by atoms with Crippen molar-refractivity contribution in [1.82, 2.24) is 14.8 Å². The van der Waals surface area contributed by atoms with Crippen LogP contribution in [-0.4, -0.2) is 14.8 Å². The molecule has 5 heteroatoms. The molecule has 0 bridgehead atoms. The summed E-state index contributed by atoms with van der Waals surface area (Å²) in [5.41, 5.74) is 4.27. The summed E-state index contributed by atoms with van der Waals surface area (Å²) in [7, 11) is 0. The third-order valence-electron chi connectivity index (χ3n) is 4.09. The van der Waals surface area contributed by atoms with E-state index in [1.807, 2.05) is 66.2 Å². The van der Waals surface area contributed by atoms with E-state index in [1.165, 1.54) is 0 Å². The first-order valence-corrected chi connectivity index (χ1v) is 8.06. The molecule has 4 nitrogen and oxygen atoms in total. The number of thiol groups is 1. The van der Waals surface area contributed by atoms with Gasteiger partial charge in [-0.05, 0) is 36.8 Å². The number of aromatic nitrogens is 3. The normalized spacial score (nSPS) is 11.1. The average Bonchev–Trinajstić information content (AvgIpc) is 2.97. The smallest absolute Gasteiger partial charge is 0.259 e. The Morgan fingerprint density at radius 1 is 1.04 bits per heavy atom. The molecule has 0 fully saturated rings. The van der Waals surface area contributed by atoms with Crippen LogP contribution in [-0.2, 0) is 0 Å². The van der Waals surface area contributed by atoms with Crippen molar-refractivity contribution >= 4 is 23.5 Å².